The number of hydrogen-bond acceptors (Lipinski definition) is 10. The zero-order valence-electron chi connectivity index (χ0n) is 24.3. The van der Waals surface area contributed by atoms with Gasteiger partial charge in [0, 0.05) is 42.0 Å². The van der Waals surface area contributed by atoms with Crippen molar-refractivity contribution < 1.29 is 34.8 Å². The van der Waals surface area contributed by atoms with Gasteiger partial charge in [-0.15, -0.1) is 0 Å². The van der Waals surface area contributed by atoms with Gasteiger partial charge in [-0.25, -0.2) is 0 Å². The lowest BCUT2D eigenvalue weighted by Gasteiger charge is -2.50. The number of aliphatic hydroxyl groups is 3. The maximum absolute atomic E-state index is 14.0. The highest BCUT2D eigenvalue weighted by Gasteiger charge is 2.64. The van der Waals surface area contributed by atoms with Gasteiger partial charge in [-0.1, -0.05) is 6.07 Å². The predicted molar refractivity (Wildman–Crippen MR) is 154 cm³/mol. The number of amides is 1. The highest BCUT2D eigenvalue weighted by atomic mass is 16.3. The van der Waals surface area contributed by atoms with Gasteiger partial charge in [-0.2, -0.15) is 0 Å². The van der Waals surface area contributed by atoms with Gasteiger partial charge >= 0.3 is 0 Å². The number of aliphatic hydroxyl groups excluding tert-OH is 2. The Morgan fingerprint density at radius 3 is 2.45 bits per heavy atom. The summed E-state index contributed by atoms with van der Waals surface area (Å²) >= 11 is 0. The molecule has 0 aliphatic heterocycles. The van der Waals surface area contributed by atoms with E-state index >= 15 is 0 Å². The smallest absolute Gasteiger partial charge is 0.255 e. The molecule has 222 valence electrons. The van der Waals surface area contributed by atoms with E-state index in [0.717, 1.165) is 11.1 Å². The number of aromatic hydroxyl groups is 1. The van der Waals surface area contributed by atoms with Gasteiger partial charge in [0.1, 0.15) is 22.8 Å². The number of hydrogen-bond donors (Lipinski definition) is 5. The number of fused-ring (bicyclic) bond motifs is 3. The number of primary amides is 1. The molecule has 11 heteroatoms. The lowest BCUT2D eigenvalue weighted by Crippen LogP contribution is -2.65. The van der Waals surface area contributed by atoms with Gasteiger partial charge in [0.25, 0.3) is 5.91 Å². The van der Waals surface area contributed by atoms with Gasteiger partial charge in [-0.3, -0.25) is 29.2 Å². The van der Waals surface area contributed by atoms with Crippen molar-refractivity contribution in [3.63, 3.8) is 0 Å². The molecule has 11 nitrogen and oxygen atoms in total. The summed E-state index contributed by atoms with van der Waals surface area (Å²) in [5.74, 6) is -6.76. The molecular weight excluding hydrogens is 540 g/mol. The normalized spacial score (nSPS) is 25.7. The molecule has 1 aromatic carbocycles. The number of nitrogens with zero attached hydrogens (tertiary/aromatic N) is 3. The molecule has 1 fully saturated rings. The zero-order chi connectivity index (χ0) is 30.8. The Hall–Kier alpha value is -4.06. The van der Waals surface area contributed by atoms with Crippen molar-refractivity contribution in [3.05, 3.63) is 64.2 Å². The monoisotopic (exact) mass is 576 g/mol. The largest absolute Gasteiger partial charge is 0.508 e. The molecule has 0 bridgehead atoms. The zero-order valence-corrected chi connectivity index (χ0v) is 24.3. The van der Waals surface area contributed by atoms with Gasteiger partial charge in [0.05, 0.1) is 11.6 Å². The Bertz CT molecular complexity index is 1580. The van der Waals surface area contributed by atoms with Gasteiger partial charge in [0.15, 0.2) is 11.4 Å². The lowest BCUT2D eigenvalue weighted by atomic mass is 9.57. The fourth-order valence-electron chi connectivity index (χ4n) is 6.71. The van der Waals surface area contributed by atoms with E-state index in [2.05, 4.69) is 23.7 Å². The second-order valence-electron chi connectivity index (χ2n) is 12.0. The number of carbonyl (C=O) groups excluding carboxylic acids is 3. The Morgan fingerprint density at radius 1 is 1.14 bits per heavy atom. The number of ketones is 2. The number of carbonyl (C=O) groups is 3. The molecule has 1 aromatic heterocycles. The summed E-state index contributed by atoms with van der Waals surface area (Å²) in [6, 6.07) is 4.35. The maximum atomic E-state index is 14.0. The molecule has 0 spiro atoms. The number of likely N-dealkylation sites (N-methyl/N-ethyl adjacent to an activating group) is 1. The first kappa shape index (κ1) is 29.4. The van der Waals surface area contributed by atoms with E-state index in [1.807, 2.05) is 13.1 Å². The molecule has 0 saturated heterocycles. The molecule has 42 heavy (non-hydrogen) atoms. The van der Waals surface area contributed by atoms with Crippen LogP contribution < -0.4 is 5.73 Å². The molecule has 1 heterocycles. The van der Waals surface area contributed by atoms with Crippen LogP contribution in [-0.2, 0) is 27.3 Å². The third-order valence-electron chi connectivity index (χ3n) is 9.02. The summed E-state index contributed by atoms with van der Waals surface area (Å²) in [5.41, 5.74) is 4.79. The quantitative estimate of drug-likeness (QED) is 0.319. The van der Waals surface area contributed by atoms with Crippen molar-refractivity contribution in [2.75, 3.05) is 21.1 Å². The lowest BCUT2D eigenvalue weighted by molar-refractivity contribution is -0.153. The van der Waals surface area contributed by atoms with E-state index < -0.39 is 58.0 Å². The average Bonchev–Trinajstić information content (AvgIpc) is 2.90. The van der Waals surface area contributed by atoms with Gasteiger partial charge in [0.2, 0.25) is 5.78 Å². The summed E-state index contributed by atoms with van der Waals surface area (Å²) < 4.78 is 0. The SMILES string of the molecule is CC(C)N(C)Cc1cncc(-c2ccc(O)c3c2C[C@H]2C[C@H]4[C@H](N(C)C)C(=O)C(C(N)=O)=C(O)[C@@]4(O)C(=O)C2=C3O)c1. The summed E-state index contributed by atoms with van der Waals surface area (Å²) in [6.07, 6.45) is 3.71. The summed E-state index contributed by atoms with van der Waals surface area (Å²) in [6.45, 7) is 4.85. The standard InChI is InChI=1S/C31H36N4O7/c1-14(2)35(5)13-15-8-17(12-33-11-15)18-6-7-21(36)23-19(18)9-16-10-20-25(34(3)4)27(38)24(30(32)41)29(40)31(20,42)28(39)22(16)26(23)37/h6-8,11-12,14,16,20,25,36-37,40,42H,9-10,13H2,1-5H3,(H2,32,41)/t16-,20-,25-,31-/m0/s1. The number of aromatic nitrogens is 1. The highest BCUT2D eigenvalue weighted by molar-refractivity contribution is 6.24. The second kappa shape index (κ2) is 10.3. The third-order valence-corrected chi connectivity index (χ3v) is 9.02. The second-order valence-corrected chi connectivity index (χ2v) is 12.0. The number of nitrogens with two attached hydrogens (primary N) is 1. The van der Waals surface area contributed by atoms with Crippen LogP contribution in [-0.4, -0.2) is 91.5 Å². The molecule has 1 amide bonds. The maximum Gasteiger partial charge on any atom is 0.255 e. The summed E-state index contributed by atoms with van der Waals surface area (Å²) in [7, 11) is 5.16. The van der Waals surface area contributed by atoms with Crippen molar-refractivity contribution in [2.45, 2.75) is 50.9 Å². The fourth-order valence-corrected chi connectivity index (χ4v) is 6.71. The molecule has 0 radical (unpaired) electrons. The Labute approximate surface area is 243 Å². The topological polar surface area (TPSA) is 178 Å². The van der Waals surface area contributed by atoms with Crippen molar-refractivity contribution >= 4 is 23.2 Å². The van der Waals surface area contributed by atoms with Crippen molar-refractivity contribution in [3.8, 4) is 16.9 Å². The van der Waals surface area contributed by atoms with Gasteiger partial charge in [-0.05, 0) is 82.6 Å². The van der Waals surface area contributed by atoms with E-state index in [1.54, 1.807) is 32.6 Å². The summed E-state index contributed by atoms with van der Waals surface area (Å²) in [4.78, 5) is 47.5. The van der Waals surface area contributed by atoms with E-state index in [9.17, 15) is 34.8 Å². The minimum atomic E-state index is -2.67. The van der Waals surface area contributed by atoms with E-state index in [4.69, 9.17) is 5.73 Å². The van der Waals surface area contributed by atoms with Crippen LogP contribution in [0.15, 0.2) is 47.5 Å². The molecule has 2 aromatic rings. The van der Waals surface area contributed by atoms with Crippen LogP contribution in [0.5, 0.6) is 5.75 Å². The van der Waals surface area contributed by atoms with Gasteiger partial charge < -0.3 is 26.2 Å². The predicted octanol–water partition coefficient (Wildman–Crippen LogP) is 1.87. The number of pyridine rings is 1. The minimum Gasteiger partial charge on any atom is -0.508 e. The molecular formula is C31H36N4O7. The first-order valence-corrected chi connectivity index (χ1v) is 13.8. The minimum absolute atomic E-state index is 0.0261. The van der Waals surface area contributed by atoms with Crippen LogP contribution in [0.3, 0.4) is 0 Å². The number of phenols is 1. The fraction of sp³-hybridized carbons (Fsp3) is 0.419. The number of rotatable bonds is 6. The molecule has 3 aliphatic carbocycles. The number of Topliss-reactive ketones (excluding diaryl/α,β-unsaturated/α-hetero) is 2. The van der Waals surface area contributed by atoms with E-state index in [0.29, 0.717) is 23.7 Å². The molecule has 5 rings (SSSR count). The summed E-state index contributed by atoms with van der Waals surface area (Å²) in [5, 5.41) is 45.1. The van der Waals surface area contributed by atoms with E-state index in [-0.39, 0.29) is 29.7 Å². The highest BCUT2D eigenvalue weighted by Crippen LogP contribution is 2.53. The average molecular weight is 577 g/mol. The molecule has 6 N–H and O–H groups in total. The Morgan fingerprint density at radius 2 is 1.83 bits per heavy atom. The van der Waals surface area contributed by atoms with Crippen LogP contribution in [0.25, 0.3) is 16.9 Å². The van der Waals surface area contributed by atoms with Crippen LogP contribution in [0.2, 0.25) is 0 Å². The van der Waals surface area contributed by atoms with Crippen LogP contribution in [0, 0.1) is 11.8 Å². The van der Waals surface area contributed by atoms with Crippen molar-refractivity contribution in [1.29, 1.82) is 0 Å². The van der Waals surface area contributed by atoms with Crippen molar-refractivity contribution in [2.24, 2.45) is 17.6 Å². The van der Waals surface area contributed by atoms with Crippen LogP contribution in [0.4, 0.5) is 0 Å². The molecule has 3 aliphatic rings. The van der Waals surface area contributed by atoms with Crippen molar-refractivity contribution in [1.82, 2.24) is 14.8 Å². The Balaban J connectivity index is 1.67. The Kier molecular flexibility index (Phi) is 7.24. The number of benzene rings is 1. The molecule has 1 saturated carbocycles. The third kappa shape index (κ3) is 4.31. The first-order chi connectivity index (χ1) is 19.7. The van der Waals surface area contributed by atoms with E-state index in [1.165, 1.54) is 11.0 Å². The van der Waals surface area contributed by atoms with Crippen LogP contribution in [0.1, 0.15) is 37.0 Å². The molecule has 4 atom stereocenters. The first-order valence-electron chi connectivity index (χ1n) is 13.8. The number of phenolic OH excluding ortho intramolecular Hbond substituents is 1. The molecule has 0 unspecified atom stereocenters. The van der Waals surface area contributed by atoms with Crippen LogP contribution >= 0.6 is 0 Å².